The normalized spacial score (nSPS) is 10.1. The molecule has 0 aliphatic heterocycles. The Balaban J connectivity index is 2.05. The summed E-state index contributed by atoms with van der Waals surface area (Å²) in [7, 11) is 0. The molecule has 0 bridgehead atoms. The maximum Gasteiger partial charge on any atom is 0.345 e. The van der Waals surface area contributed by atoms with Crippen molar-refractivity contribution in [1.29, 1.82) is 0 Å². The van der Waals surface area contributed by atoms with Crippen molar-refractivity contribution in [3.05, 3.63) is 51.7 Å². The summed E-state index contributed by atoms with van der Waals surface area (Å²) in [6.07, 6.45) is 0.941. The molecule has 2 N–H and O–H groups in total. The second-order valence-electron chi connectivity index (χ2n) is 3.98. The van der Waals surface area contributed by atoms with E-state index in [1.807, 2.05) is 0 Å². The fourth-order valence-electron chi connectivity index (χ4n) is 1.53. The fourth-order valence-corrected chi connectivity index (χ4v) is 2.15. The van der Waals surface area contributed by atoms with Crippen LogP contribution in [0.5, 0.6) is 0 Å². The number of carboxylic acids is 1. The molecule has 1 aromatic carbocycles. The van der Waals surface area contributed by atoms with Crippen molar-refractivity contribution in [2.45, 2.75) is 6.42 Å². The van der Waals surface area contributed by atoms with E-state index >= 15 is 0 Å². The molecule has 0 atom stereocenters. The highest BCUT2D eigenvalue weighted by molar-refractivity contribution is 7.18. The number of anilines is 1. The van der Waals surface area contributed by atoms with Gasteiger partial charge in [0, 0.05) is 5.56 Å². The molecule has 0 saturated heterocycles. The zero-order valence-electron chi connectivity index (χ0n) is 10.5. The largest absolute Gasteiger partial charge is 0.481 e. The average molecular weight is 307 g/mol. The molecule has 21 heavy (non-hydrogen) atoms. The number of rotatable bonds is 5. The average Bonchev–Trinajstić information content (AvgIpc) is 2.87. The Morgan fingerprint density at radius 3 is 2.52 bits per heavy atom. The van der Waals surface area contributed by atoms with E-state index in [0.29, 0.717) is 11.1 Å². The predicted molar refractivity (Wildman–Crippen MR) is 74.5 cm³/mol. The highest BCUT2D eigenvalue weighted by Gasteiger charge is 2.14. The summed E-state index contributed by atoms with van der Waals surface area (Å²) in [6.45, 7) is 0. The minimum atomic E-state index is -0.956. The Kier molecular flexibility index (Phi) is 4.24. The van der Waals surface area contributed by atoms with Gasteiger partial charge in [-0.05, 0) is 29.0 Å². The molecule has 9 heteroatoms. The summed E-state index contributed by atoms with van der Waals surface area (Å²) in [5.41, 5.74) is 0.880. The molecule has 0 unspecified atom stereocenters. The van der Waals surface area contributed by atoms with Crippen molar-refractivity contribution in [3.8, 4) is 0 Å². The lowest BCUT2D eigenvalue weighted by molar-refractivity contribution is -0.380. The molecule has 0 fully saturated rings. The van der Waals surface area contributed by atoms with Crippen LogP contribution in [0.4, 0.5) is 10.1 Å². The number of carbonyl (C=O) groups excluding carboxylic acids is 1. The van der Waals surface area contributed by atoms with Crippen LogP contribution in [-0.4, -0.2) is 26.9 Å². The zero-order chi connectivity index (χ0) is 15.4. The minimum absolute atomic E-state index is 0.124. The Bertz CT molecular complexity index is 695. The molecule has 2 rings (SSSR count). The van der Waals surface area contributed by atoms with Gasteiger partial charge < -0.3 is 5.11 Å². The zero-order valence-corrected chi connectivity index (χ0v) is 11.3. The summed E-state index contributed by atoms with van der Waals surface area (Å²) in [6, 6.07) is 6.03. The van der Waals surface area contributed by atoms with Crippen LogP contribution in [-0.2, 0) is 11.2 Å². The number of carboxylic acid groups (broad SMARTS) is 1. The Morgan fingerprint density at radius 2 is 2.00 bits per heavy atom. The Hall–Kier alpha value is -2.81. The summed E-state index contributed by atoms with van der Waals surface area (Å²) in [4.78, 5) is 36.1. The summed E-state index contributed by atoms with van der Waals surface area (Å²) in [5, 5.41) is 21.6. The molecular formula is C12H9N3O5S. The number of nitro groups is 1. The number of aliphatic carboxylic acids is 1. The monoisotopic (exact) mass is 307 g/mol. The van der Waals surface area contributed by atoms with Gasteiger partial charge in [0.1, 0.15) is 6.20 Å². The van der Waals surface area contributed by atoms with E-state index in [-0.39, 0.29) is 16.6 Å². The first-order valence-corrected chi connectivity index (χ1v) is 6.49. The first-order chi connectivity index (χ1) is 9.95. The van der Waals surface area contributed by atoms with E-state index in [2.05, 4.69) is 10.3 Å². The molecule has 0 saturated carbocycles. The number of nitrogens with zero attached hydrogens (tertiary/aromatic N) is 2. The summed E-state index contributed by atoms with van der Waals surface area (Å²) < 4.78 is 0. The van der Waals surface area contributed by atoms with Gasteiger partial charge in [-0.3, -0.25) is 25.0 Å². The molecule has 0 aliphatic carbocycles. The molecule has 108 valence electrons. The van der Waals surface area contributed by atoms with Gasteiger partial charge in [-0.15, -0.1) is 0 Å². The third kappa shape index (κ3) is 3.83. The van der Waals surface area contributed by atoms with Crippen LogP contribution < -0.4 is 5.32 Å². The molecule has 1 heterocycles. The highest BCUT2D eigenvalue weighted by Crippen LogP contribution is 2.25. The lowest BCUT2D eigenvalue weighted by Gasteiger charge is -2.02. The number of benzene rings is 1. The van der Waals surface area contributed by atoms with Gasteiger partial charge in [0.2, 0.25) is 0 Å². The number of thiazole rings is 1. The van der Waals surface area contributed by atoms with Crippen LogP contribution in [0.2, 0.25) is 0 Å². The van der Waals surface area contributed by atoms with Gasteiger partial charge in [-0.25, -0.2) is 4.98 Å². The van der Waals surface area contributed by atoms with Crippen molar-refractivity contribution in [2.75, 3.05) is 5.32 Å². The van der Waals surface area contributed by atoms with E-state index in [1.54, 1.807) is 0 Å². The molecule has 8 nitrogen and oxygen atoms in total. The molecule has 1 aromatic heterocycles. The van der Waals surface area contributed by atoms with E-state index in [1.165, 1.54) is 24.3 Å². The summed E-state index contributed by atoms with van der Waals surface area (Å²) >= 11 is 0.756. The highest BCUT2D eigenvalue weighted by atomic mass is 32.1. The number of aromatic nitrogens is 1. The number of hydrogen-bond donors (Lipinski definition) is 2. The van der Waals surface area contributed by atoms with Crippen molar-refractivity contribution < 1.29 is 19.6 Å². The van der Waals surface area contributed by atoms with E-state index < -0.39 is 16.8 Å². The molecule has 1 amide bonds. The lowest BCUT2D eigenvalue weighted by atomic mass is 10.1. The quantitative estimate of drug-likeness (QED) is 0.642. The number of carbonyl (C=O) groups is 2. The molecule has 2 aromatic rings. The van der Waals surface area contributed by atoms with Crippen molar-refractivity contribution in [2.24, 2.45) is 0 Å². The minimum Gasteiger partial charge on any atom is -0.481 e. The van der Waals surface area contributed by atoms with E-state index in [0.717, 1.165) is 17.5 Å². The molecular weight excluding hydrogens is 298 g/mol. The Labute approximate surface area is 122 Å². The fraction of sp³-hybridized carbons (Fsp3) is 0.0833. The third-order valence-electron chi connectivity index (χ3n) is 2.47. The van der Waals surface area contributed by atoms with E-state index in [4.69, 9.17) is 5.11 Å². The SMILES string of the molecule is O=C(O)Cc1ccc(C(=O)Nc2ncc([N+](=O)[O-])s2)cc1. The maximum absolute atomic E-state index is 11.9. The number of amides is 1. The number of nitrogens with one attached hydrogen (secondary N) is 1. The van der Waals surface area contributed by atoms with Gasteiger partial charge in [-0.1, -0.05) is 12.1 Å². The second-order valence-corrected chi connectivity index (χ2v) is 4.99. The van der Waals surface area contributed by atoms with E-state index in [9.17, 15) is 19.7 Å². The van der Waals surface area contributed by atoms with Gasteiger partial charge in [0.25, 0.3) is 5.91 Å². The molecule has 0 aliphatic rings. The topological polar surface area (TPSA) is 122 Å². The van der Waals surface area contributed by atoms with Gasteiger partial charge in [0.05, 0.1) is 11.3 Å². The Morgan fingerprint density at radius 1 is 1.33 bits per heavy atom. The predicted octanol–water partition coefficient (Wildman–Crippen LogP) is 1.93. The van der Waals surface area contributed by atoms with Crippen LogP contribution >= 0.6 is 11.3 Å². The van der Waals surface area contributed by atoms with Crippen LogP contribution in [0.1, 0.15) is 15.9 Å². The third-order valence-corrected chi connectivity index (χ3v) is 3.33. The van der Waals surface area contributed by atoms with Gasteiger partial charge in [0.15, 0.2) is 5.13 Å². The standard InChI is InChI=1S/C12H9N3O5S/c16-10(17)5-7-1-3-8(4-2-7)11(18)14-12-13-6-9(21-12)15(19)20/h1-4,6H,5H2,(H,16,17)(H,13,14,18). The van der Waals surface area contributed by atoms with Crippen LogP contribution in [0, 0.1) is 10.1 Å². The first-order valence-electron chi connectivity index (χ1n) is 5.68. The number of hydrogen-bond acceptors (Lipinski definition) is 6. The molecule has 0 radical (unpaired) electrons. The second kappa shape index (κ2) is 6.09. The van der Waals surface area contributed by atoms with Crippen LogP contribution in [0.3, 0.4) is 0 Å². The molecule has 0 spiro atoms. The van der Waals surface area contributed by atoms with Gasteiger partial charge in [-0.2, -0.15) is 0 Å². The van der Waals surface area contributed by atoms with Gasteiger partial charge >= 0.3 is 11.0 Å². The summed E-state index contributed by atoms with van der Waals surface area (Å²) in [5.74, 6) is -1.43. The lowest BCUT2D eigenvalue weighted by Crippen LogP contribution is -2.11. The van der Waals surface area contributed by atoms with Crippen molar-refractivity contribution in [1.82, 2.24) is 4.98 Å². The van der Waals surface area contributed by atoms with Crippen LogP contribution in [0.15, 0.2) is 30.5 Å². The first kappa shape index (κ1) is 14.6. The van der Waals surface area contributed by atoms with Crippen molar-refractivity contribution >= 4 is 33.3 Å². The van der Waals surface area contributed by atoms with Crippen molar-refractivity contribution in [3.63, 3.8) is 0 Å². The smallest absolute Gasteiger partial charge is 0.345 e. The van der Waals surface area contributed by atoms with Crippen LogP contribution in [0.25, 0.3) is 0 Å². The maximum atomic E-state index is 11.9.